The van der Waals surface area contributed by atoms with Gasteiger partial charge in [-0.2, -0.15) is 0 Å². The van der Waals surface area contributed by atoms with Crippen LogP contribution in [0, 0.1) is 17.8 Å². The summed E-state index contributed by atoms with van der Waals surface area (Å²) in [6.07, 6.45) is 6.77. The van der Waals surface area contributed by atoms with Gasteiger partial charge in [0.25, 0.3) is 0 Å². The summed E-state index contributed by atoms with van der Waals surface area (Å²) in [5.41, 5.74) is 8.22. The number of carbonyl (C=O) groups is 1. The number of fused-ring (bicyclic) bond motifs is 2. The number of piperidine rings is 1. The topological polar surface area (TPSA) is 78.6 Å². The van der Waals surface area contributed by atoms with Crippen molar-refractivity contribution < 1.29 is 4.79 Å². The van der Waals surface area contributed by atoms with Crippen LogP contribution in [0.2, 0.25) is 0 Å². The highest BCUT2D eigenvalue weighted by atomic mass is 16.2. The third-order valence-electron chi connectivity index (χ3n) is 6.73. The molecule has 7 nitrogen and oxygen atoms in total. The Morgan fingerprint density at radius 2 is 2.06 bits per heavy atom. The Morgan fingerprint density at radius 1 is 1.29 bits per heavy atom. The standard InChI is InChI=1S/C24H42N6O/c1-6-7-29-16-18(11-23(31)30(15-17(2)3)9-8-28(4)5)10-19-12-21-20(13-22(19)29)14-26-24(25)27-21/h14,17-19,22H,6-13,15-16H2,1-5H3,(H2,25,26,27)/t18-,19-,22-/m1/s1. The third-order valence-corrected chi connectivity index (χ3v) is 6.73. The van der Waals surface area contributed by atoms with Gasteiger partial charge < -0.3 is 15.5 Å². The van der Waals surface area contributed by atoms with Crippen LogP contribution in [0.25, 0.3) is 0 Å². The first-order chi connectivity index (χ1) is 14.8. The van der Waals surface area contributed by atoms with Crippen molar-refractivity contribution in [3.8, 4) is 0 Å². The van der Waals surface area contributed by atoms with Crippen LogP contribution in [0.15, 0.2) is 6.20 Å². The number of aromatic nitrogens is 2. The lowest BCUT2D eigenvalue weighted by Crippen LogP contribution is -2.53. The normalized spacial score (nSPS) is 23.6. The summed E-state index contributed by atoms with van der Waals surface area (Å²) in [6.45, 7) is 11.3. The van der Waals surface area contributed by atoms with Crippen molar-refractivity contribution in [2.75, 3.05) is 52.6 Å². The zero-order chi connectivity index (χ0) is 22.5. The predicted octanol–water partition coefficient (Wildman–Crippen LogP) is 2.31. The first-order valence-corrected chi connectivity index (χ1v) is 12.0. The van der Waals surface area contributed by atoms with Gasteiger partial charge in [0.2, 0.25) is 11.9 Å². The fraction of sp³-hybridized carbons (Fsp3) is 0.792. The molecule has 1 aromatic rings. The first-order valence-electron chi connectivity index (χ1n) is 12.0. The van der Waals surface area contributed by atoms with E-state index in [1.807, 2.05) is 6.20 Å². The summed E-state index contributed by atoms with van der Waals surface area (Å²) in [6, 6.07) is 0.534. The second-order valence-electron chi connectivity index (χ2n) is 10.3. The Bertz CT molecular complexity index is 737. The second-order valence-corrected chi connectivity index (χ2v) is 10.3. The van der Waals surface area contributed by atoms with E-state index in [4.69, 9.17) is 5.73 Å². The zero-order valence-electron chi connectivity index (χ0n) is 20.2. The minimum Gasteiger partial charge on any atom is -0.368 e. The van der Waals surface area contributed by atoms with E-state index in [1.54, 1.807) is 0 Å². The van der Waals surface area contributed by atoms with Gasteiger partial charge >= 0.3 is 0 Å². The number of nitrogens with two attached hydrogens (primary N) is 1. The lowest BCUT2D eigenvalue weighted by molar-refractivity contribution is -0.133. The smallest absolute Gasteiger partial charge is 0.222 e. The number of carbonyl (C=O) groups excluding carboxylic acids is 1. The van der Waals surface area contributed by atoms with Crippen molar-refractivity contribution in [1.29, 1.82) is 0 Å². The van der Waals surface area contributed by atoms with Gasteiger partial charge in [0.1, 0.15) is 0 Å². The maximum Gasteiger partial charge on any atom is 0.222 e. The average molecular weight is 431 g/mol. The highest BCUT2D eigenvalue weighted by Gasteiger charge is 2.40. The molecule has 3 atom stereocenters. The molecule has 174 valence electrons. The van der Waals surface area contributed by atoms with Crippen molar-refractivity contribution in [3.05, 3.63) is 17.5 Å². The Kier molecular flexibility index (Phi) is 8.28. The molecule has 1 amide bonds. The second kappa shape index (κ2) is 10.7. The van der Waals surface area contributed by atoms with Crippen LogP contribution >= 0.6 is 0 Å². The Balaban J connectivity index is 1.70. The molecule has 1 aliphatic heterocycles. The minimum atomic E-state index is 0.318. The molecule has 31 heavy (non-hydrogen) atoms. The number of likely N-dealkylation sites (tertiary alicyclic amines) is 1. The molecule has 2 N–H and O–H groups in total. The Morgan fingerprint density at radius 3 is 2.74 bits per heavy atom. The van der Waals surface area contributed by atoms with Crippen LogP contribution in [-0.4, -0.2) is 83.4 Å². The fourth-order valence-corrected chi connectivity index (χ4v) is 5.37. The van der Waals surface area contributed by atoms with Crippen LogP contribution in [0.1, 0.15) is 51.3 Å². The molecule has 0 saturated carbocycles. The van der Waals surface area contributed by atoms with Gasteiger partial charge in [-0.25, -0.2) is 9.97 Å². The molecule has 2 aliphatic rings. The Hall–Kier alpha value is -1.73. The maximum atomic E-state index is 13.3. The van der Waals surface area contributed by atoms with Crippen molar-refractivity contribution in [2.24, 2.45) is 17.8 Å². The third kappa shape index (κ3) is 6.39. The fourth-order valence-electron chi connectivity index (χ4n) is 5.37. The molecule has 1 aliphatic carbocycles. The first kappa shape index (κ1) is 23.9. The maximum absolute atomic E-state index is 13.3. The molecule has 7 heteroatoms. The van der Waals surface area contributed by atoms with E-state index < -0.39 is 0 Å². The van der Waals surface area contributed by atoms with Crippen LogP contribution < -0.4 is 5.73 Å². The van der Waals surface area contributed by atoms with Gasteiger partial charge in [0.15, 0.2) is 0 Å². The molecule has 0 bridgehead atoms. The lowest BCUT2D eigenvalue weighted by atomic mass is 9.73. The van der Waals surface area contributed by atoms with E-state index in [-0.39, 0.29) is 0 Å². The van der Waals surface area contributed by atoms with Crippen LogP contribution in [0.4, 0.5) is 5.95 Å². The monoisotopic (exact) mass is 430 g/mol. The summed E-state index contributed by atoms with van der Waals surface area (Å²) >= 11 is 0. The summed E-state index contributed by atoms with van der Waals surface area (Å²) in [4.78, 5) is 28.9. The highest BCUT2D eigenvalue weighted by molar-refractivity contribution is 5.76. The number of likely N-dealkylation sites (N-methyl/N-ethyl adjacent to an activating group) is 1. The van der Waals surface area contributed by atoms with Crippen LogP contribution in [0.3, 0.4) is 0 Å². The SMILES string of the molecule is CCCN1C[C@@H](CC(=O)N(CCN(C)C)CC(C)C)C[C@@H]2Cc3nc(N)ncc3C[C@H]21. The van der Waals surface area contributed by atoms with Crippen LogP contribution in [0.5, 0.6) is 0 Å². The number of nitrogens with zero attached hydrogens (tertiary/aromatic N) is 5. The van der Waals surface area contributed by atoms with Gasteiger partial charge in [-0.1, -0.05) is 20.8 Å². The van der Waals surface area contributed by atoms with Crippen molar-refractivity contribution in [2.45, 2.75) is 58.9 Å². The number of rotatable bonds is 9. The van der Waals surface area contributed by atoms with Crippen molar-refractivity contribution in [3.63, 3.8) is 0 Å². The largest absolute Gasteiger partial charge is 0.368 e. The Labute approximate surface area is 188 Å². The number of nitrogen functional groups attached to an aromatic ring is 1. The highest BCUT2D eigenvalue weighted by Crippen LogP contribution is 2.37. The minimum absolute atomic E-state index is 0.318. The molecule has 1 aromatic heterocycles. The van der Waals surface area contributed by atoms with E-state index in [0.717, 1.165) is 64.1 Å². The van der Waals surface area contributed by atoms with Crippen molar-refractivity contribution >= 4 is 11.9 Å². The molecular weight excluding hydrogens is 388 g/mol. The summed E-state index contributed by atoms with van der Waals surface area (Å²) in [5.74, 6) is 2.13. The van der Waals surface area contributed by atoms with E-state index in [2.05, 4.69) is 59.5 Å². The molecule has 1 saturated heterocycles. The number of hydrogen-bond donors (Lipinski definition) is 1. The average Bonchev–Trinajstić information content (AvgIpc) is 2.69. The predicted molar refractivity (Wildman–Crippen MR) is 126 cm³/mol. The van der Waals surface area contributed by atoms with E-state index in [9.17, 15) is 4.79 Å². The summed E-state index contributed by atoms with van der Waals surface area (Å²) in [7, 11) is 4.14. The quantitative estimate of drug-likeness (QED) is 0.648. The van der Waals surface area contributed by atoms with E-state index in [0.29, 0.717) is 42.1 Å². The summed E-state index contributed by atoms with van der Waals surface area (Å²) in [5, 5.41) is 0. The van der Waals surface area contributed by atoms with Gasteiger partial charge in [-0.3, -0.25) is 9.69 Å². The van der Waals surface area contributed by atoms with Gasteiger partial charge in [0, 0.05) is 50.5 Å². The molecule has 3 rings (SSSR count). The lowest BCUT2D eigenvalue weighted by Gasteiger charge is -2.47. The zero-order valence-corrected chi connectivity index (χ0v) is 20.2. The molecule has 0 unspecified atom stereocenters. The van der Waals surface area contributed by atoms with Crippen LogP contribution in [-0.2, 0) is 17.6 Å². The van der Waals surface area contributed by atoms with Crippen molar-refractivity contribution in [1.82, 2.24) is 24.7 Å². The number of amides is 1. The van der Waals surface area contributed by atoms with Gasteiger partial charge in [-0.05, 0) is 69.6 Å². The molecule has 0 radical (unpaired) electrons. The number of anilines is 1. The molecule has 1 fully saturated rings. The van der Waals surface area contributed by atoms with Gasteiger partial charge in [-0.15, -0.1) is 0 Å². The number of hydrogen-bond acceptors (Lipinski definition) is 6. The van der Waals surface area contributed by atoms with Gasteiger partial charge in [0.05, 0.1) is 0 Å². The van der Waals surface area contributed by atoms with E-state index >= 15 is 0 Å². The molecule has 0 aromatic carbocycles. The molecular formula is C24H42N6O. The molecule has 0 spiro atoms. The molecule has 2 heterocycles. The van der Waals surface area contributed by atoms with E-state index in [1.165, 1.54) is 5.56 Å². The summed E-state index contributed by atoms with van der Waals surface area (Å²) < 4.78 is 0.